The first kappa shape index (κ1) is 12.1. The van der Waals surface area contributed by atoms with Crippen LogP contribution >= 0.6 is 7.82 Å². The van der Waals surface area contributed by atoms with Crippen LogP contribution in [0.2, 0.25) is 0 Å². The third kappa shape index (κ3) is 4.07. The van der Waals surface area contributed by atoms with Gasteiger partial charge in [-0.25, -0.2) is 4.57 Å². The first-order chi connectivity index (χ1) is 6.53. The second-order valence-corrected chi connectivity index (χ2v) is 5.27. The number of rotatable bonds is 4. The van der Waals surface area contributed by atoms with Crippen LogP contribution in [0.15, 0.2) is 0 Å². The fourth-order valence-corrected chi connectivity index (χ4v) is 1.81. The smallest absolute Gasteiger partial charge is 0.302 e. The Morgan fingerprint density at radius 1 is 1.50 bits per heavy atom. The van der Waals surface area contributed by atoms with Crippen molar-refractivity contribution in [1.29, 1.82) is 0 Å². The van der Waals surface area contributed by atoms with E-state index in [-0.39, 0.29) is 6.73 Å². The van der Waals surface area contributed by atoms with Gasteiger partial charge in [0.25, 0.3) is 0 Å². The summed E-state index contributed by atoms with van der Waals surface area (Å²) >= 11 is 0. The number of nitrogens with zero attached hydrogens (tertiary/aromatic N) is 1. The SMILES string of the molecule is COP(=O)(O)OCN1CCC(C)CC1. The summed E-state index contributed by atoms with van der Waals surface area (Å²) in [7, 11) is -2.63. The van der Waals surface area contributed by atoms with E-state index in [0.29, 0.717) is 0 Å². The van der Waals surface area contributed by atoms with Crippen molar-refractivity contribution >= 4 is 7.82 Å². The van der Waals surface area contributed by atoms with E-state index in [4.69, 9.17) is 9.42 Å². The van der Waals surface area contributed by atoms with Crippen molar-refractivity contribution in [2.45, 2.75) is 19.8 Å². The Balaban J connectivity index is 2.22. The molecule has 1 saturated heterocycles. The number of phosphoric ester groups is 1. The van der Waals surface area contributed by atoms with Crippen LogP contribution in [-0.4, -0.2) is 36.7 Å². The zero-order valence-electron chi connectivity index (χ0n) is 8.68. The molecule has 0 amide bonds. The second kappa shape index (κ2) is 5.24. The molecule has 84 valence electrons. The molecule has 0 radical (unpaired) electrons. The second-order valence-electron chi connectivity index (χ2n) is 3.71. The van der Waals surface area contributed by atoms with Gasteiger partial charge in [-0.15, -0.1) is 0 Å². The first-order valence-electron chi connectivity index (χ1n) is 4.79. The van der Waals surface area contributed by atoms with E-state index >= 15 is 0 Å². The summed E-state index contributed by atoms with van der Waals surface area (Å²) in [6.07, 6.45) is 2.23. The average molecular weight is 223 g/mol. The normalized spacial score (nSPS) is 24.8. The van der Waals surface area contributed by atoms with Gasteiger partial charge in [0.05, 0.1) is 0 Å². The molecule has 1 atom stereocenters. The Morgan fingerprint density at radius 2 is 2.07 bits per heavy atom. The molecule has 0 saturated carbocycles. The van der Waals surface area contributed by atoms with Crippen LogP contribution in [0.25, 0.3) is 0 Å². The maximum absolute atomic E-state index is 11.0. The Kier molecular flexibility index (Phi) is 4.54. The van der Waals surface area contributed by atoms with Gasteiger partial charge in [-0.3, -0.25) is 13.9 Å². The summed E-state index contributed by atoms with van der Waals surface area (Å²) in [6, 6.07) is 0. The van der Waals surface area contributed by atoms with E-state index in [9.17, 15) is 4.57 Å². The lowest BCUT2D eigenvalue weighted by atomic mass is 10.00. The molecule has 1 fully saturated rings. The minimum absolute atomic E-state index is 0.175. The fraction of sp³-hybridized carbons (Fsp3) is 1.00. The maximum Gasteiger partial charge on any atom is 0.473 e. The van der Waals surface area contributed by atoms with Gasteiger partial charge in [-0.05, 0) is 18.8 Å². The lowest BCUT2D eigenvalue weighted by Gasteiger charge is -2.29. The summed E-state index contributed by atoms with van der Waals surface area (Å²) < 4.78 is 20.1. The molecule has 0 spiro atoms. The molecule has 0 aromatic carbocycles. The largest absolute Gasteiger partial charge is 0.473 e. The molecule has 1 aliphatic rings. The number of hydrogen-bond acceptors (Lipinski definition) is 4. The Bertz CT molecular complexity index is 215. The summed E-state index contributed by atoms with van der Waals surface area (Å²) in [6.45, 7) is 4.23. The molecule has 1 rings (SSSR count). The lowest BCUT2D eigenvalue weighted by molar-refractivity contribution is 0.0618. The number of likely N-dealkylation sites (tertiary alicyclic amines) is 1. The Hall–Kier alpha value is 0.0700. The van der Waals surface area contributed by atoms with Gasteiger partial charge in [-0.2, -0.15) is 0 Å². The molecule has 14 heavy (non-hydrogen) atoms. The van der Waals surface area contributed by atoms with Crippen LogP contribution in [0.1, 0.15) is 19.8 Å². The topological polar surface area (TPSA) is 59.0 Å². The average Bonchev–Trinajstić information content (AvgIpc) is 2.17. The molecule has 1 aliphatic heterocycles. The fourth-order valence-electron chi connectivity index (χ4n) is 1.40. The summed E-state index contributed by atoms with van der Waals surface area (Å²) in [5.41, 5.74) is 0. The van der Waals surface area contributed by atoms with Gasteiger partial charge in [0.15, 0.2) is 0 Å². The van der Waals surface area contributed by atoms with Gasteiger partial charge >= 0.3 is 7.82 Å². The van der Waals surface area contributed by atoms with Crippen molar-refractivity contribution in [1.82, 2.24) is 4.90 Å². The van der Waals surface area contributed by atoms with Crippen LogP contribution in [0.4, 0.5) is 0 Å². The highest BCUT2D eigenvalue weighted by atomic mass is 31.2. The van der Waals surface area contributed by atoms with E-state index < -0.39 is 7.82 Å². The summed E-state index contributed by atoms with van der Waals surface area (Å²) in [5.74, 6) is 0.745. The quantitative estimate of drug-likeness (QED) is 0.731. The Labute approximate surface area is 84.6 Å². The van der Waals surface area contributed by atoms with Crippen LogP contribution in [-0.2, 0) is 13.6 Å². The molecular weight excluding hydrogens is 205 g/mol. The van der Waals surface area contributed by atoms with E-state index in [2.05, 4.69) is 11.4 Å². The molecular formula is C8H18NO4P. The zero-order chi connectivity index (χ0) is 10.6. The van der Waals surface area contributed by atoms with Crippen molar-refractivity contribution in [2.75, 3.05) is 26.9 Å². The zero-order valence-corrected chi connectivity index (χ0v) is 9.57. The van der Waals surface area contributed by atoms with E-state index in [1.807, 2.05) is 4.90 Å². The molecule has 0 bridgehead atoms. The molecule has 5 nitrogen and oxygen atoms in total. The molecule has 1 heterocycles. The predicted molar refractivity (Wildman–Crippen MR) is 52.8 cm³/mol. The minimum atomic E-state index is -3.80. The van der Waals surface area contributed by atoms with Crippen LogP contribution in [0.3, 0.4) is 0 Å². The molecule has 6 heteroatoms. The van der Waals surface area contributed by atoms with E-state index in [0.717, 1.165) is 31.8 Å². The highest BCUT2D eigenvalue weighted by Crippen LogP contribution is 2.42. The number of piperidine rings is 1. The van der Waals surface area contributed by atoms with Crippen LogP contribution < -0.4 is 0 Å². The van der Waals surface area contributed by atoms with E-state index in [1.54, 1.807) is 0 Å². The standard InChI is InChI=1S/C8H18NO4P/c1-8-3-5-9(6-4-8)7-13-14(10,11)12-2/h8H,3-7H2,1-2H3,(H,10,11). The van der Waals surface area contributed by atoms with Gasteiger partial charge in [0.2, 0.25) is 0 Å². The van der Waals surface area contributed by atoms with Crippen molar-refractivity contribution in [3.05, 3.63) is 0 Å². The van der Waals surface area contributed by atoms with Crippen molar-refractivity contribution in [3.8, 4) is 0 Å². The minimum Gasteiger partial charge on any atom is -0.302 e. The summed E-state index contributed by atoms with van der Waals surface area (Å²) in [5, 5.41) is 0. The molecule has 1 unspecified atom stereocenters. The Morgan fingerprint density at radius 3 is 2.57 bits per heavy atom. The number of hydrogen-bond donors (Lipinski definition) is 1. The molecule has 1 N–H and O–H groups in total. The molecule has 0 aliphatic carbocycles. The summed E-state index contributed by atoms with van der Waals surface area (Å²) in [4.78, 5) is 11.0. The molecule has 0 aromatic heterocycles. The van der Waals surface area contributed by atoms with Crippen molar-refractivity contribution < 1.29 is 18.5 Å². The van der Waals surface area contributed by atoms with E-state index in [1.165, 1.54) is 7.11 Å². The maximum atomic E-state index is 11.0. The third-order valence-corrected chi connectivity index (χ3v) is 3.41. The highest BCUT2D eigenvalue weighted by Gasteiger charge is 2.22. The monoisotopic (exact) mass is 223 g/mol. The molecule has 0 aromatic rings. The van der Waals surface area contributed by atoms with Gasteiger partial charge < -0.3 is 4.89 Å². The predicted octanol–water partition coefficient (Wildman–Crippen LogP) is 1.44. The van der Waals surface area contributed by atoms with Crippen LogP contribution in [0.5, 0.6) is 0 Å². The van der Waals surface area contributed by atoms with Gasteiger partial charge in [0.1, 0.15) is 6.73 Å². The highest BCUT2D eigenvalue weighted by molar-refractivity contribution is 7.47. The van der Waals surface area contributed by atoms with Crippen LogP contribution in [0, 0.1) is 5.92 Å². The van der Waals surface area contributed by atoms with Gasteiger partial charge in [-0.1, -0.05) is 6.92 Å². The first-order valence-corrected chi connectivity index (χ1v) is 6.28. The number of phosphoric acid groups is 1. The van der Waals surface area contributed by atoms with Gasteiger partial charge in [0, 0.05) is 20.2 Å². The third-order valence-electron chi connectivity index (χ3n) is 2.51. The van der Waals surface area contributed by atoms with Crippen molar-refractivity contribution in [3.63, 3.8) is 0 Å². The van der Waals surface area contributed by atoms with Crippen molar-refractivity contribution in [2.24, 2.45) is 5.92 Å². The lowest BCUT2D eigenvalue weighted by Crippen LogP contribution is -2.34.